The minimum absolute atomic E-state index is 0.112. The number of hydrogen-bond donors (Lipinski definition) is 2. The molecule has 1 unspecified atom stereocenters. The van der Waals surface area contributed by atoms with Gasteiger partial charge in [-0.1, -0.05) is 39.4 Å². The molecule has 7 heteroatoms. The van der Waals surface area contributed by atoms with Gasteiger partial charge in [0.05, 0.1) is 24.1 Å². The predicted octanol–water partition coefficient (Wildman–Crippen LogP) is 3.29. The standard InChI is InChI=1S/C18H34N4O2Si/c1-14-5-7-15(8-6-14)17(19)18(23)21-16-11-20-22(12-16)13-24-9-10-25(2,3)4/h11-12,14-15,17H,5-10,13,19H2,1-4H3,(H,21,23). The SMILES string of the molecule is CC1CCC(C(N)C(=O)Nc2cnn(COCC[Si](C)(C)C)c2)CC1. The van der Waals surface area contributed by atoms with Crippen molar-refractivity contribution in [3.63, 3.8) is 0 Å². The Hall–Kier alpha value is -1.18. The van der Waals surface area contributed by atoms with Crippen LogP contribution in [0.15, 0.2) is 12.4 Å². The maximum absolute atomic E-state index is 12.4. The third kappa shape index (κ3) is 6.91. The smallest absolute Gasteiger partial charge is 0.241 e. The van der Waals surface area contributed by atoms with Gasteiger partial charge in [-0.2, -0.15) is 5.10 Å². The number of hydrogen-bond acceptors (Lipinski definition) is 4. The van der Waals surface area contributed by atoms with Gasteiger partial charge in [-0.15, -0.1) is 0 Å². The van der Waals surface area contributed by atoms with Crippen LogP contribution in [0.2, 0.25) is 25.7 Å². The highest BCUT2D eigenvalue weighted by Gasteiger charge is 2.28. The summed E-state index contributed by atoms with van der Waals surface area (Å²) < 4.78 is 7.37. The van der Waals surface area contributed by atoms with Crippen molar-refractivity contribution in [1.29, 1.82) is 0 Å². The van der Waals surface area contributed by atoms with E-state index in [-0.39, 0.29) is 11.8 Å². The summed E-state index contributed by atoms with van der Waals surface area (Å²) in [6.07, 6.45) is 7.86. The highest BCUT2D eigenvalue weighted by molar-refractivity contribution is 6.76. The average Bonchev–Trinajstić information content (AvgIpc) is 2.98. The molecule has 6 nitrogen and oxygen atoms in total. The molecule has 1 aromatic heterocycles. The number of ether oxygens (including phenoxy) is 1. The van der Waals surface area contributed by atoms with Gasteiger partial charge >= 0.3 is 0 Å². The molecule has 0 radical (unpaired) electrons. The second-order valence-corrected chi connectivity index (χ2v) is 14.3. The molecule has 1 saturated carbocycles. The maximum atomic E-state index is 12.4. The Labute approximate surface area is 152 Å². The molecule has 2 rings (SSSR count). The molecular weight excluding hydrogens is 332 g/mol. The second-order valence-electron chi connectivity index (χ2n) is 8.65. The molecule has 0 bridgehead atoms. The quantitative estimate of drug-likeness (QED) is 0.546. The summed E-state index contributed by atoms with van der Waals surface area (Å²) in [6.45, 7) is 10.4. The summed E-state index contributed by atoms with van der Waals surface area (Å²) in [4.78, 5) is 12.4. The van der Waals surface area contributed by atoms with E-state index in [1.165, 1.54) is 12.8 Å². The van der Waals surface area contributed by atoms with E-state index in [0.29, 0.717) is 12.4 Å². The van der Waals surface area contributed by atoms with Crippen LogP contribution in [0.3, 0.4) is 0 Å². The molecule has 1 amide bonds. The topological polar surface area (TPSA) is 82.2 Å². The number of nitrogens with zero attached hydrogens (tertiary/aromatic N) is 2. The first-order valence-electron chi connectivity index (χ1n) is 9.41. The van der Waals surface area contributed by atoms with E-state index in [1.807, 2.05) is 0 Å². The van der Waals surface area contributed by atoms with Crippen LogP contribution in [0, 0.1) is 11.8 Å². The lowest BCUT2D eigenvalue weighted by atomic mass is 9.79. The van der Waals surface area contributed by atoms with E-state index in [9.17, 15) is 4.79 Å². The number of aromatic nitrogens is 2. The van der Waals surface area contributed by atoms with Gasteiger partial charge in [0.25, 0.3) is 0 Å². The summed E-state index contributed by atoms with van der Waals surface area (Å²) in [5, 5.41) is 7.12. The highest BCUT2D eigenvalue weighted by atomic mass is 28.3. The highest BCUT2D eigenvalue weighted by Crippen LogP contribution is 2.30. The van der Waals surface area contributed by atoms with Crippen LogP contribution in [0.4, 0.5) is 5.69 Å². The summed E-state index contributed by atoms with van der Waals surface area (Å²) in [5.74, 6) is 0.931. The van der Waals surface area contributed by atoms with E-state index in [1.54, 1.807) is 17.1 Å². The fourth-order valence-electron chi connectivity index (χ4n) is 3.12. The minimum Gasteiger partial charge on any atom is -0.360 e. The summed E-state index contributed by atoms with van der Waals surface area (Å²) in [6, 6.07) is 0.691. The molecule has 25 heavy (non-hydrogen) atoms. The molecule has 142 valence electrons. The van der Waals surface area contributed by atoms with Crippen molar-refractivity contribution in [3.05, 3.63) is 12.4 Å². The van der Waals surface area contributed by atoms with E-state index in [2.05, 4.69) is 37.0 Å². The zero-order valence-corrected chi connectivity index (χ0v) is 17.1. The maximum Gasteiger partial charge on any atom is 0.241 e. The van der Waals surface area contributed by atoms with Gasteiger partial charge in [0, 0.05) is 14.7 Å². The number of nitrogens with two attached hydrogens (primary N) is 1. The Balaban J connectivity index is 1.75. The van der Waals surface area contributed by atoms with Gasteiger partial charge < -0.3 is 15.8 Å². The van der Waals surface area contributed by atoms with Crippen molar-refractivity contribution in [2.45, 2.75) is 71.1 Å². The Morgan fingerprint density at radius 3 is 2.72 bits per heavy atom. The second kappa shape index (κ2) is 8.96. The van der Waals surface area contributed by atoms with Gasteiger partial charge in [-0.05, 0) is 30.7 Å². The van der Waals surface area contributed by atoms with Crippen molar-refractivity contribution in [2.24, 2.45) is 17.6 Å². The van der Waals surface area contributed by atoms with E-state index in [4.69, 9.17) is 10.5 Å². The van der Waals surface area contributed by atoms with E-state index < -0.39 is 14.1 Å². The van der Waals surface area contributed by atoms with Crippen molar-refractivity contribution < 1.29 is 9.53 Å². The van der Waals surface area contributed by atoms with Crippen LogP contribution in [0.1, 0.15) is 32.6 Å². The van der Waals surface area contributed by atoms with Gasteiger partial charge in [-0.25, -0.2) is 4.68 Å². The molecule has 0 aromatic carbocycles. The number of rotatable bonds is 8. The van der Waals surface area contributed by atoms with Crippen LogP contribution in [0.5, 0.6) is 0 Å². The number of amides is 1. The Morgan fingerprint density at radius 1 is 1.40 bits per heavy atom. The fourth-order valence-corrected chi connectivity index (χ4v) is 3.88. The van der Waals surface area contributed by atoms with E-state index >= 15 is 0 Å². The Bertz CT molecular complexity index is 548. The molecule has 1 heterocycles. The van der Waals surface area contributed by atoms with Gasteiger partial charge in [0.1, 0.15) is 6.73 Å². The van der Waals surface area contributed by atoms with E-state index in [0.717, 1.165) is 31.4 Å². The van der Waals surface area contributed by atoms with Crippen molar-refractivity contribution in [3.8, 4) is 0 Å². The lowest BCUT2D eigenvalue weighted by molar-refractivity contribution is -0.118. The molecule has 1 aliphatic carbocycles. The van der Waals surface area contributed by atoms with Crippen LogP contribution < -0.4 is 11.1 Å². The third-order valence-corrected chi connectivity index (χ3v) is 6.70. The van der Waals surface area contributed by atoms with Gasteiger partial charge in [-0.3, -0.25) is 4.79 Å². The zero-order valence-electron chi connectivity index (χ0n) is 16.1. The van der Waals surface area contributed by atoms with Crippen molar-refractivity contribution in [2.75, 3.05) is 11.9 Å². The molecule has 1 atom stereocenters. The average molecular weight is 367 g/mol. The fraction of sp³-hybridized carbons (Fsp3) is 0.778. The van der Waals surface area contributed by atoms with Crippen LogP contribution in [-0.2, 0) is 16.3 Å². The van der Waals surface area contributed by atoms with Crippen LogP contribution in [-0.4, -0.2) is 36.4 Å². The molecule has 1 fully saturated rings. The minimum atomic E-state index is -1.07. The first-order chi connectivity index (χ1) is 11.7. The molecule has 1 aliphatic rings. The number of nitrogens with one attached hydrogen (secondary N) is 1. The lowest BCUT2D eigenvalue weighted by Gasteiger charge is -2.29. The van der Waals surface area contributed by atoms with Crippen molar-refractivity contribution >= 4 is 19.7 Å². The molecule has 1 aromatic rings. The summed E-state index contributed by atoms with van der Waals surface area (Å²) >= 11 is 0. The Kier molecular flexibility index (Phi) is 7.21. The third-order valence-electron chi connectivity index (χ3n) is 4.99. The summed E-state index contributed by atoms with van der Waals surface area (Å²) in [5.41, 5.74) is 6.85. The molecule has 3 N–H and O–H groups in total. The predicted molar refractivity (Wildman–Crippen MR) is 104 cm³/mol. The first kappa shape index (κ1) is 20.1. The lowest BCUT2D eigenvalue weighted by Crippen LogP contribution is -2.43. The molecule has 0 saturated heterocycles. The number of anilines is 1. The largest absolute Gasteiger partial charge is 0.360 e. The monoisotopic (exact) mass is 366 g/mol. The van der Waals surface area contributed by atoms with Gasteiger partial charge in [0.2, 0.25) is 5.91 Å². The first-order valence-corrected chi connectivity index (χ1v) is 13.1. The van der Waals surface area contributed by atoms with Gasteiger partial charge in [0.15, 0.2) is 0 Å². The molecular formula is C18H34N4O2Si. The van der Waals surface area contributed by atoms with Crippen molar-refractivity contribution in [1.82, 2.24) is 9.78 Å². The number of carbonyl (C=O) groups excluding carboxylic acids is 1. The van der Waals surface area contributed by atoms with Crippen LogP contribution >= 0.6 is 0 Å². The Morgan fingerprint density at radius 2 is 2.08 bits per heavy atom. The number of carbonyl (C=O) groups is 1. The zero-order chi connectivity index (χ0) is 18.4. The normalized spacial score (nSPS) is 22.6. The molecule has 0 aliphatic heterocycles. The van der Waals surface area contributed by atoms with Crippen LogP contribution in [0.25, 0.3) is 0 Å². The summed E-state index contributed by atoms with van der Waals surface area (Å²) in [7, 11) is -1.07. The molecule has 0 spiro atoms.